The Morgan fingerprint density at radius 1 is 0.467 bits per heavy atom. The van der Waals surface area contributed by atoms with Crippen molar-refractivity contribution < 1.29 is 0 Å². The van der Waals surface area contributed by atoms with E-state index in [0.717, 1.165) is 32.1 Å². The molecule has 5 aromatic rings. The minimum atomic E-state index is 0.436. The van der Waals surface area contributed by atoms with Gasteiger partial charge in [-0.05, 0) is 116 Å². The Bertz CT molecular complexity index is 1850. The molecule has 0 saturated carbocycles. The topological polar surface area (TPSA) is 0 Å². The molecule has 0 heteroatoms. The zero-order chi connectivity index (χ0) is 31.3. The molecule has 0 radical (unpaired) electrons. The molecule has 1 unspecified atom stereocenters. The Morgan fingerprint density at radius 3 is 1.62 bits per heavy atom. The maximum Gasteiger partial charge on any atom is -0.00670 e. The zero-order valence-corrected chi connectivity index (χ0v) is 27.7. The van der Waals surface area contributed by atoms with Gasteiger partial charge in [0, 0.05) is 0 Å². The van der Waals surface area contributed by atoms with Gasteiger partial charge in [-0.2, -0.15) is 0 Å². The summed E-state index contributed by atoms with van der Waals surface area (Å²) in [5.41, 5.74) is 20.2. The Morgan fingerprint density at radius 2 is 0.978 bits per heavy atom. The first-order chi connectivity index (χ1) is 22.3. The highest BCUT2D eigenvalue weighted by Crippen LogP contribution is 2.51. The van der Waals surface area contributed by atoms with E-state index in [9.17, 15) is 0 Å². The van der Waals surface area contributed by atoms with Gasteiger partial charge in [0.05, 0.1) is 0 Å². The van der Waals surface area contributed by atoms with E-state index in [0.29, 0.717) is 5.92 Å². The lowest BCUT2D eigenvalue weighted by Crippen LogP contribution is -2.14. The summed E-state index contributed by atoms with van der Waals surface area (Å²) in [6.07, 6.45) is 15.1. The minimum Gasteiger partial charge on any atom is -0.0836 e. The molecule has 5 aromatic carbocycles. The third kappa shape index (κ3) is 5.42. The molecular formula is C45H46. The highest BCUT2D eigenvalue weighted by molar-refractivity contribution is 5.96. The fraction of sp³-hybridized carbons (Fsp3) is 0.244. The van der Waals surface area contributed by atoms with Crippen LogP contribution in [0.3, 0.4) is 0 Å². The molecule has 226 valence electrons. The number of allylic oxidation sites excluding steroid dienone is 2. The molecule has 0 spiro atoms. The predicted octanol–water partition coefficient (Wildman–Crippen LogP) is 13.0. The van der Waals surface area contributed by atoms with E-state index in [1.54, 1.807) is 0 Å². The molecule has 3 aliphatic rings. The van der Waals surface area contributed by atoms with Gasteiger partial charge >= 0.3 is 0 Å². The molecule has 0 aromatic heterocycles. The van der Waals surface area contributed by atoms with E-state index in [4.69, 9.17) is 0 Å². The molecule has 0 N–H and O–H groups in total. The monoisotopic (exact) mass is 586 g/mol. The van der Waals surface area contributed by atoms with Crippen molar-refractivity contribution in [2.45, 2.75) is 72.6 Å². The first kappa shape index (κ1) is 30.6. The second-order valence-corrected chi connectivity index (χ2v) is 11.9. The quantitative estimate of drug-likeness (QED) is 0.197. The molecular weight excluding hydrogens is 540 g/mol. The van der Waals surface area contributed by atoms with Gasteiger partial charge in [-0.15, -0.1) is 0 Å². The highest BCUT2D eigenvalue weighted by Gasteiger charge is 2.31. The summed E-state index contributed by atoms with van der Waals surface area (Å²) in [6.45, 7) is 10.4. The standard InChI is InChI=1S/C41H34.2C2H6/c1-27-26-38-30(28-14-4-2-5-15-28)22-12-23-31(38)32-24-13-25-37(39(27)32)41-35-20-10-8-18-33(35)40(29-16-6-3-7-17-29)34-19-9-11-21-36(34)41;2*1-2/h2-8,11-18,21-25,27H,9-10,19-20,26H2,1H3;2*1-2H3. The van der Waals surface area contributed by atoms with Crippen molar-refractivity contribution in [3.8, 4) is 44.5 Å². The highest BCUT2D eigenvalue weighted by atomic mass is 14.3. The summed E-state index contributed by atoms with van der Waals surface area (Å²) in [5, 5.41) is 0. The van der Waals surface area contributed by atoms with Crippen molar-refractivity contribution in [3.63, 3.8) is 0 Å². The lowest BCUT2D eigenvalue weighted by Gasteiger charge is -2.33. The Kier molecular flexibility index (Phi) is 9.31. The van der Waals surface area contributed by atoms with Gasteiger partial charge in [0.25, 0.3) is 0 Å². The lowest BCUT2D eigenvalue weighted by atomic mass is 9.71. The first-order valence-corrected chi connectivity index (χ1v) is 17.2. The second-order valence-electron chi connectivity index (χ2n) is 11.9. The summed E-state index contributed by atoms with van der Waals surface area (Å²) in [7, 11) is 0. The molecule has 0 nitrogen and oxygen atoms in total. The van der Waals surface area contributed by atoms with Crippen LogP contribution >= 0.6 is 0 Å². The average molecular weight is 587 g/mol. The Balaban J connectivity index is 0.000000860. The minimum absolute atomic E-state index is 0.436. The van der Waals surface area contributed by atoms with Crippen LogP contribution in [0.4, 0.5) is 0 Å². The van der Waals surface area contributed by atoms with E-state index in [2.05, 4.69) is 128 Å². The van der Waals surface area contributed by atoms with Gasteiger partial charge in [-0.25, -0.2) is 0 Å². The molecule has 0 aliphatic heterocycles. The van der Waals surface area contributed by atoms with Crippen molar-refractivity contribution >= 4 is 12.2 Å². The molecule has 3 aliphatic carbocycles. The van der Waals surface area contributed by atoms with Gasteiger partial charge in [0.2, 0.25) is 0 Å². The third-order valence-electron chi connectivity index (χ3n) is 9.48. The van der Waals surface area contributed by atoms with Crippen LogP contribution in [-0.4, -0.2) is 0 Å². The van der Waals surface area contributed by atoms with Gasteiger partial charge in [-0.3, -0.25) is 0 Å². The first-order valence-electron chi connectivity index (χ1n) is 17.2. The van der Waals surface area contributed by atoms with Gasteiger partial charge in [0.1, 0.15) is 0 Å². The SMILES string of the molecule is CC.CC.CC1Cc2c(-c3ccccc3)cccc2-c2cccc(-c3c4c(c(-c5ccccc5)c5c3CCC=C5)CCC=C4)c21. The summed E-state index contributed by atoms with van der Waals surface area (Å²) in [5.74, 6) is 0.436. The Hall–Kier alpha value is -4.42. The van der Waals surface area contributed by atoms with Crippen molar-refractivity contribution in [1.82, 2.24) is 0 Å². The largest absolute Gasteiger partial charge is 0.0836 e. The van der Waals surface area contributed by atoms with Crippen molar-refractivity contribution in [1.29, 1.82) is 0 Å². The van der Waals surface area contributed by atoms with E-state index in [1.165, 1.54) is 77.9 Å². The molecule has 0 saturated heterocycles. The third-order valence-corrected chi connectivity index (χ3v) is 9.48. The molecule has 1 atom stereocenters. The smallest absolute Gasteiger partial charge is 0.00670 e. The average Bonchev–Trinajstić information content (AvgIpc) is 3.12. The zero-order valence-electron chi connectivity index (χ0n) is 27.7. The van der Waals surface area contributed by atoms with Crippen LogP contribution in [0.5, 0.6) is 0 Å². The van der Waals surface area contributed by atoms with Crippen molar-refractivity contribution in [3.05, 3.63) is 143 Å². The predicted molar refractivity (Wildman–Crippen MR) is 198 cm³/mol. The maximum atomic E-state index is 2.44. The van der Waals surface area contributed by atoms with Crippen LogP contribution in [0, 0.1) is 0 Å². The second kappa shape index (κ2) is 13.7. The normalized spacial score (nSPS) is 15.3. The summed E-state index contributed by atoms with van der Waals surface area (Å²) in [6, 6.07) is 36.0. The van der Waals surface area contributed by atoms with E-state index in [1.807, 2.05) is 27.7 Å². The summed E-state index contributed by atoms with van der Waals surface area (Å²) < 4.78 is 0. The molecule has 45 heavy (non-hydrogen) atoms. The van der Waals surface area contributed by atoms with Crippen LogP contribution in [0.1, 0.15) is 86.8 Å². The van der Waals surface area contributed by atoms with Gasteiger partial charge in [0.15, 0.2) is 0 Å². The maximum absolute atomic E-state index is 2.44. The van der Waals surface area contributed by atoms with Crippen LogP contribution < -0.4 is 0 Å². The number of benzene rings is 5. The van der Waals surface area contributed by atoms with E-state index >= 15 is 0 Å². The lowest BCUT2D eigenvalue weighted by molar-refractivity contribution is 0.752. The summed E-state index contributed by atoms with van der Waals surface area (Å²) >= 11 is 0. The molecule has 0 fully saturated rings. The van der Waals surface area contributed by atoms with E-state index < -0.39 is 0 Å². The van der Waals surface area contributed by atoms with Crippen LogP contribution in [0.2, 0.25) is 0 Å². The van der Waals surface area contributed by atoms with Crippen LogP contribution in [0.15, 0.2) is 109 Å². The van der Waals surface area contributed by atoms with Crippen LogP contribution in [-0.2, 0) is 19.3 Å². The number of hydrogen-bond donors (Lipinski definition) is 0. The molecule has 0 heterocycles. The molecule has 8 rings (SSSR count). The van der Waals surface area contributed by atoms with Gasteiger partial charge in [-0.1, -0.05) is 156 Å². The summed E-state index contributed by atoms with van der Waals surface area (Å²) in [4.78, 5) is 0. The van der Waals surface area contributed by atoms with E-state index in [-0.39, 0.29) is 0 Å². The van der Waals surface area contributed by atoms with Crippen molar-refractivity contribution in [2.75, 3.05) is 0 Å². The Labute approximate surface area is 271 Å². The van der Waals surface area contributed by atoms with Gasteiger partial charge < -0.3 is 0 Å². The fourth-order valence-electron chi connectivity index (χ4n) is 7.79. The molecule has 0 bridgehead atoms. The molecule has 0 amide bonds. The van der Waals surface area contributed by atoms with Crippen LogP contribution in [0.25, 0.3) is 56.7 Å². The number of rotatable bonds is 3. The number of fused-ring (bicyclic) bond motifs is 5. The van der Waals surface area contributed by atoms with Crippen molar-refractivity contribution in [2.24, 2.45) is 0 Å². The fourth-order valence-corrected chi connectivity index (χ4v) is 7.79. The number of hydrogen-bond acceptors (Lipinski definition) is 0.